The van der Waals surface area contributed by atoms with Crippen LogP contribution in [0.4, 0.5) is 4.79 Å². The summed E-state index contributed by atoms with van der Waals surface area (Å²) in [6.45, 7) is 1.07. The number of rotatable bonds is 5. The first-order chi connectivity index (χ1) is 13.1. The van der Waals surface area contributed by atoms with Gasteiger partial charge in [0.05, 0.1) is 13.2 Å². The standard InChI is InChI=1S/C20H19ClN2O4/c21-14-6-8-15(9-7-14)26-12-3-11-23-18(24)20(22-19(23)25)10-13-27-17-5-2-1-4-16(17)20/h1-2,4-9H,3,10-13H2,(H,22,25). The Kier molecular flexibility index (Phi) is 4.66. The fourth-order valence-electron chi connectivity index (χ4n) is 3.52. The maximum absolute atomic E-state index is 13.1. The fourth-order valence-corrected chi connectivity index (χ4v) is 3.64. The Morgan fingerprint density at radius 1 is 1.15 bits per heavy atom. The second kappa shape index (κ2) is 7.12. The Balaban J connectivity index is 1.41. The van der Waals surface area contributed by atoms with Crippen LogP contribution in [0.1, 0.15) is 18.4 Å². The number of halogens is 1. The summed E-state index contributed by atoms with van der Waals surface area (Å²) in [7, 11) is 0. The predicted octanol–water partition coefficient (Wildman–Crippen LogP) is 3.34. The SMILES string of the molecule is O=C1NC2(CCOc3ccccc32)C(=O)N1CCCOc1ccc(Cl)cc1. The molecule has 0 aromatic heterocycles. The zero-order valence-electron chi connectivity index (χ0n) is 14.6. The van der Waals surface area contributed by atoms with E-state index in [2.05, 4.69) is 5.32 Å². The van der Waals surface area contributed by atoms with E-state index < -0.39 is 5.54 Å². The summed E-state index contributed by atoms with van der Waals surface area (Å²) in [4.78, 5) is 26.8. The van der Waals surface area contributed by atoms with Crippen molar-refractivity contribution in [3.05, 3.63) is 59.1 Å². The molecule has 3 amide bonds. The molecule has 1 N–H and O–H groups in total. The van der Waals surface area contributed by atoms with Crippen molar-refractivity contribution in [3.63, 3.8) is 0 Å². The van der Waals surface area contributed by atoms with Gasteiger partial charge in [-0.2, -0.15) is 0 Å². The van der Waals surface area contributed by atoms with Gasteiger partial charge in [-0.15, -0.1) is 0 Å². The van der Waals surface area contributed by atoms with Gasteiger partial charge in [0.25, 0.3) is 5.91 Å². The van der Waals surface area contributed by atoms with E-state index in [1.165, 1.54) is 4.90 Å². The molecule has 1 spiro atoms. The Hall–Kier alpha value is -2.73. The third-order valence-corrected chi connectivity index (χ3v) is 5.12. The van der Waals surface area contributed by atoms with Gasteiger partial charge in [0.15, 0.2) is 5.54 Å². The molecule has 7 heteroatoms. The van der Waals surface area contributed by atoms with Gasteiger partial charge in [0.2, 0.25) is 0 Å². The quantitative estimate of drug-likeness (QED) is 0.632. The highest BCUT2D eigenvalue weighted by Gasteiger charge is 2.54. The first-order valence-corrected chi connectivity index (χ1v) is 9.23. The van der Waals surface area contributed by atoms with Crippen molar-refractivity contribution in [3.8, 4) is 11.5 Å². The van der Waals surface area contributed by atoms with Crippen molar-refractivity contribution in [2.24, 2.45) is 0 Å². The molecular formula is C20H19ClN2O4. The van der Waals surface area contributed by atoms with Gasteiger partial charge in [-0.3, -0.25) is 9.69 Å². The number of benzene rings is 2. The molecular weight excluding hydrogens is 368 g/mol. The van der Waals surface area contributed by atoms with Crippen LogP contribution in [0.15, 0.2) is 48.5 Å². The lowest BCUT2D eigenvalue weighted by atomic mass is 9.84. The van der Waals surface area contributed by atoms with Crippen molar-refractivity contribution in [2.45, 2.75) is 18.4 Å². The lowest BCUT2D eigenvalue weighted by Crippen LogP contribution is -2.47. The molecule has 2 aliphatic rings. The van der Waals surface area contributed by atoms with Gasteiger partial charge in [-0.05, 0) is 36.8 Å². The zero-order chi connectivity index (χ0) is 18.9. The van der Waals surface area contributed by atoms with Gasteiger partial charge in [-0.1, -0.05) is 29.8 Å². The summed E-state index contributed by atoms with van der Waals surface area (Å²) in [6.07, 6.45) is 0.961. The number of amides is 3. The molecule has 1 unspecified atom stereocenters. The normalized spacial score (nSPS) is 21.0. The average Bonchev–Trinajstić information content (AvgIpc) is 2.91. The van der Waals surface area contributed by atoms with Gasteiger partial charge >= 0.3 is 6.03 Å². The second-order valence-electron chi connectivity index (χ2n) is 6.54. The lowest BCUT2D eigenvalue weighted by molar-refractivity contribution is -0.132. The van der Waals surface area contributed by atoms with E-state index in [0.717, 1.165) is 5.56 Å². The summed E-state index contributed by atoms with van der Waals surface area (Å²) in [6, 6.07) is 14.0. The number of nitrogens with zero attached hydrogens (tertiary/aromatic N) is 1. The monoisotopic (exact) mass is 386 g/mol. The van der Waals surface area contributed by atoms with E-state index in [9.17, 15) is 9.59 Å². The molecule has 0 aliphatic carbocycles. The van der Waals surface area contributed by atoms with Crippen LogP contribution in [0, 0.1) is 0 Å². The van der Waals surface area contributed by atoms with Crippen LogP contribution in [0.5, 0.6) is 11.5 Å². The molecule has 2 aromatic carbocycles. The molecule has 1 fully saturated rings. The summed E-state index contributed by atoms with van der Waals surface area (Å²) in [5.74, 6) is 1.12. The molecule has 1 atom stereocenters. The molecule has 6 nitrogen and oxygen atoms in total. The smallest absolute Gasteiger partial charge is 0.325 e. The maximum atomic E-state index is 13.1. The van der Waals surface area contributed by atoms with Crippen molar-refractivity contribution in [1.82, 2.24) is 10.2 Å². The van der Waals surface area contributed by atoms with Gasteiger partial charge in [0.1, 0.15) is 11.5 Å². The van der Waals surface area contributed by atoms with Crippen LogP contribution in [0.25, 0.3) is 0 Å². The molecule has 2 aliphatic heterocycles. The van der Waals surface area contributed by atoms with Crippen molar-refractivity contribution in [2.75, 3.05) is 19.8 Å². The van der Waals surface area contributed by atoms with Crippen molar-refractivity contribution < 1.29 is 19.1 Å². The van der Waals surface area contributed by atoms with E-state index in [1.54, 1.807) is 24.3 Å². The Morgan fingerprint density at radius 2 is 1.93 bits per heavy atom. The molecule has 0 saturated carbocycles. The van der Waals surface area contributed by atoms with Crippen molar-refractivity contribution >= 4 is 23.5 Å². The average molecular weight is 387 g/mol. The summed E-state index contributed by atoms with van der Waals surface area (Å²) in [5.41, 5.74) is -0.308. The summed E-state index contributed by atoms with van der Waals surface area (Å²) in [5, 5.41) is 3.53. The van der Waals surface area contributed by atoms with E-state index in [1.807, 2.05) is 24.3 Å². The number of para-hydroxylation sites is 1. The van der Waals surface area contributed by atoms with E-state index in [4.69, 9.17) is 21.1 Å². The number of nitrogens with one attached hydrogen (secondary N) is 1. The minimum absolute atomic E-state index is 0.227. The molecule has 4 rings (SSSR count). The summed E-state index contributed by atoms with van der Waals surface area (Å²) >= 11 is 5.84. The molecule has 0 bridgehead atoms. The minimum Gasteiger partial charge on any atom is -0.494 e. The van der Waals surface area contributed by atoms with Crippen LogP contribution in [0.3, 0.4) is 0 Å². The van der Waals surface area contributed by atoms with E-state index in [0.29, 0.717) is 49.1 Å². The molecule has 2 heterocycles. The van der Waals surface area contributed by atoms with E-state index in [-0.39, 0.29) is 11.9 Å². The third kappa shape index (κ3) is 3.21. The zero-order valence-corrected chi connectivity index (χ0v) is 15.4. The number of carbonyl (C=O) groups excluding carboxylic acids is 2. The Labute approximate surface area is 162 Å². The minimum atomic E-state index is -1.02. The van der Waals surface area contributed by atoms with Gasteiger partial charge in [-0.25, -0.2) is 4.79 Å². The van der Waals surface area contributed by atoms with Crippen LogP contribution < -0.4 is 14.8 Å². The van der Waals surface area contributed by atoms with Gasteiger partial charge in [0, 0.05) is 23.6 Å². The highest BCUT2D eigenvalue weighted by molar-refractivity contribution is 6.30. The number of imide groups is 1. The van der Waals surface area contributed by atoms with Gasteiger partial charge < -0.3 is 14.8 Å². The van der Waals surface area contributed by atoms with E-state index >= 15 is 0 Å². The largest absolute Gasteiger partial charge is 0.494 e. The van der Waals surface area contributed by atoms with Crippen LogP contribution in [-0.2, 0) is 10.3 Å². The maximum Gasteiger partial charge on any atom is 0.325 e. The molecule has 140 valence electrons. The summed E-state index contributed by atoms with van der Waals surface area (Å²) < 4.78 is 11.3. The molecule has 0 radical (unpaired) electrons. The number of ether oxygens (including phenoxy) is 2. The molecule has 2 aromatic rings. The molecule has 27 heavy (non-hydrogen) atoms. The highest BCUT2D eigenvalue weighted by atomic mass is 35.5. The highest BCUT2D eigenvalue weighted by Crippen LogP contribution is 2.40. The Bertz CT molecular complexity index is 871. The second-order valence-corrected chi connectivity index (χ2v) is 6.98. The van der Waals surface area contributed by atoms with Crippen LogP contribution >= 0.6 is 11.6 Å². The van der Waals surface area contributed by atoms with Crippen LogP contribution in [0.2, 0.25) is 5.02 Å². The first-order valence-electron chi connectivity index (χ1n) is 8.85. The number of fused-ring (bicyclic) bond motifs is 2. The van der Waals surface area contributed by atoms with Crippen molar-refractivity contribution in [1.29, 1.82) is 0 Å². The first kappa shape index (κ1) is 17.7. The number of hydrogen-bond donors (Lipinski definition) is 1. The number of carbonyl (C=O) groups is 2. The Morgan fingerprint density at radius 3 is 2.74 bits per heavy atom. The lowest BCUT2D eigenvalue weighted by Gasteiger charge is -2.33. The fraction of sp³-hybridized carbons (Fsp3) is 0.300. The molecule has 1 saturated heterocycles. The topological polar surface area (TPSA) is 67.9 Å². The van der Waals surface area contributed by atoms with Crippen LogP contribution in [-0.4, -0.2) is 36.6 Å². The number of hydrogen-bond acceptors (Lipinski definition) is 4. The predicted molar refractivity (Wildman–Crippen MR) is 100 cm³/mol. The number of urea groups is 1. The third-order valence-electron chi connectivity index (χ3n) is 4.87.